The van der Waals surface area contributed by atoms with Gasteiger partial charge in [-0.25, -0.2) is 4.98 Å². The average Bonchev–Trinajstić information content (AvgIpc) is 3.22. The second kappa shape index (κ2) is 7.48. The van der Waals surface area contributed by atoms with Gasteiger partial charge in [-0.15, -0.1) is 11.3 Å². The molecule has 3 N–H and O–H groups in total. The topological polar surface area (TPSA) is 65.1 Å². The highest BCUT2D eigenvalue weighted by atomic mass is 79.9. The Morgan fingerprint density at radius 1 is 1.54 bits per heavy atom. The Bertz CT molecular complexity index is 927. The van der Waals surface area contributed by atoms with Crippen molar-refractivity contribution in [2.75, 3.05) is 18.5 Å². The third-order valence-corrected chi connectivity index (χ3v) is 6.73. The first kappa shape index (κ1) is 18.3. The zero-order chi connectivity index (χ0) is 18.3. The van der Waals surface area contributed by atoms with Gasteiger partial charge in [0.2, 0.25) is 0 Å². The van der Waals surface area contributed by atoms with Crippen LogP contribution in [0.2, 0.25) is 5.15 Å². The van der Waals surface area contributed by atoms with Crippen molar-refractivity contribution in [1.29, 1.82) is 0 Å². The lowest BCUT2D eigenvalue weighted by Crippen LogP contribution is -2.38. The molecule has 0 amide bonds. The molecule has 8 heteroatoms. The van der Waals surface area contributed by atoms with Crippen LogP contribution in [-0.4, -0.2) is 28.8 Å². The van der Waals surface area contributed by atoms with Crippen LogP contribution in [0.15, 0.2) is 28.1 Å². The first-order chi connectivity index (χ1) is 12.6. The van der Waals surface area contributed by atoms with Gasteiger partial charge in [-0.05, 0) is 33.8 Å². The van der Waals surface area contributed by atoms with E-state index in [1.54, 1.807) is 11.3 Å². The normalized spacial score (nSPS) is 20.6. The maximum absolute atomic E-state index is 6.34. The van der Waals surface area contributed by atoms with Crippen LogP contribution in [0.1, 0.15) is 22.9 Å². The van der Waals surface area contributed by atoms with Crippen LogP contribution in [0.5, 0.6) is 0 Å². The number of pyridine rings is 1. The fraction of sp³-hybridized carbons (Fsp3) is 0.389. The third-order valence-electron chi connectivity index (χ3n) is 4.88. The van der Waals surface area contributed by atoms with E-state index in [1.807, 2.05) is 6.07 Å². The van der Waals surface area contributed by atoms with Crippen molar-refractivity contribution in [2.45, 2.75) is 24.9 Å². The molecule has 1 saturated heterocycles. The molecule has 2 atom stereocenters. The molecular weight excluding hydrogens is 436 g/mol. The van der Waals surface area contributed by atoms with E-state index in [-0.39, 0.29) is 12.0 Å². The predicted octanol–water partition coefficient (Wildman–Crippen LogP) is 4.49. The number of nitrogens with one attached hydrogen (secondary N) is 1. The monoisotopic (exact) mass is 454 g/mol. The number of ether oxygens (including phenoxy) is 1. The van der Waals surface area contributed by atoms with E-state index in [0.29, 0.717) is 11.8 Å². The highest BCUT2D eigenvalue weighted by Crippen LogP contribution is 2.40. The summed E-state index contributed by atoms with van der Waals surface area (Å²) < 4.78 is 8.67. The Labute approximate surface area is 169 Å². The fourth-order valence-corrected chi connectivity index (χ4v) is 5.30. The summed E-state index contributed by atoms with van der Waals surface area (Å²) in [5.41, 5.74) is 10.4. The SMILES string of the molecule is Cn1c([C@@H]2CCOC[C@H]2N)c(Br)c2nc(Cl)cc(NCc3cccs3)c21. The van der Waals surface area contributed by atoms with Gasteiger partial charge in [-0.3, -0.25) is 0 Å². The Balaban J connectivity index is 1.79. The van der Waals surface area contributed by atoms with Crippen molar-refractivity contribution in [3.8, 4) is 0 Å². The average molecular weight is 456 g/mol. The molecular formula is C18H20BrClN4OS. The molecule has 1 aliphatic heterocycles. The van der Waals surface area contributed by atoms with Gasteiger partial charge >= 0.3 is 0 Å². The quantitative estimate of drug-likeness (QED) is 0.569. The smallest absolute Gasteiger partial charge is 0.132 e. The van der Waals surface area contributed by atoms with E-state index < -0.39 is 0 Å². The molecule has 5 nitrogen and oxygen atoms in total. The van der Waals surface area contributed by atoms with Gasteiger partial charge in [0.05, 0.1) is 22.3 Å². The summed E-state index contributed by atoms with van der Waals surface area (Å²) in [6, 6.07) is 6.03. The second-order valence-corrected chi connectivity index (χ2v) is 8.73. The van der Waals surface area contributed by atoms with Gasteiger partial charge in [0.1, 0.15) is 10.7 Å². The summed E-state index contributed by atoms with van der Waals surface area (Å²) in [5, 5.41) is 6.07. The minimum Gasteiger partial charge on any atom is -0.380 e. The van der Waals surface area contributed by atoms with Crippen LogP contribution in [0.25, 0.3) is 11.0 Å². The van der Waals surface area contributed by atoms with Crippen LogP contribution < -0.4 is 11.1 Å². The lowest BCUT2D eigenvalue weighted by atomic mass is 9.92. The standard InChI is InChI=1S/C18H20BrClN4OS/c1-24-17(11-4-5-25-9-12(11)21)15(19)16-18(24)13(7-14(20)23-16)22-8-10-3-2-6-26-10/h2-3,6-7,11-12H,4-5,8-9,21H2,1H3,(H,22,23)/t11-,12-/m1/s1. The molecule has 3 aromatic heterocycles. The number of nitrogens with two attached hydrogens (primary N) is 1. The predicted molar refractivity (Wildman–Crippen MR) is 111 cm³/mol. The molecule has 4 rings (SSSR count). The largest absolute Gasteiger partial charge is 0.380 e. The maximum atomic E-state index is 6.34. The molecule has 0 aliphatic carbocycles. The number of anilines is 1. The van der Waals surface area contributed by atoms with Crippen LogP contribution in [-0.2, 0) is 18.3 Å². The molecule has 1 aliphatic rings. The number of aryl methyl sites for hydroxylation is 1. The van der Waals surface area contributed by atoms with Crippen molar-refractivity contribution in [2.24, 2.45) is 12.8 Å². The maximum Gasteiger partial charge on any atom is 0.132 e. The molecule has 0 aromatic carbocycles. The molecule has 0 unspecified atom stereocenters. The highest BCUT2D eigenvalue weighted by Gasteiger charge is 2.30. The Hall–Kier alpha value is -1.12. The van der Waals surface area contributed by atoms with Crippen LogP contribution >= 0.6 is 38.9 Å². The minimum atomic E-state index is -0.0268. The number of nitrogens with zero attached hydrogens (tertiary/aromatic N) is 2. The number of hydrogen-bond acceptors (Lipinski definition) is 5. The van der Waals surface area contributed by atoms with Crippen molar-refractivity contribution >= 4 is 55.6 Å². The summed E-state index contributed by atoms with van der Waals surface area (Å²) in [4.78, 5) is 5.84. The molecule has 0 saturated carbocycles. The van der Waals surface area contributed by atoms with Crippen LogP contribution in [0.3, 0.4) is 0 Å². The van der Waals surface area contributed by atoms with Crippen LogP contribution in [0.4, 0.5) is 5.69 Å². The van der Waals surface area contributed by atoms with E-state index in [0.717, 1.165) is 46.5 Å². The van der Waals surface area contributed by atoms with Gasteiger partial charge in [0, 0.05) is 48.8 Å². The van der Waals surface area contributed by atoms with Gasteiger partial charge in [-0.1, -0.05) is 17.7 Å². The Morgan fingerprint density at radius 3 is 3.12 bits per heavy atom. The highest BCUT2D eigenvalue weighted by molar-refractivity contribution is 9.10. The lowest BCUT2D eigenvalue weighted by Gasteiger charge is -2.29. The molecule has 0 radical (unpaired) electrons. The number of rotatable bonds is 4. The number of thiophene rings is 1. The summed E-state index contributed by atoms with van der Waals surface area (Å²) in [6.45, 7) is 2.06. The molecule has 138 valence electrons. The molecule has 1 fully saturated rings. The van der Waals surface area contributed by atoms with Crippen molar-refractivity contribution < 1.29 is 4.74 Å². The number of fused-ring (bicyclic) bond motifs is 1. The zero-order valence-electron chi connectivity index (χ0n) is 14.3. The number of halogens is 2. The van der Waals surface area contributed by atoms with E-state index >= 15 is 0 Å². The van der Waals surface area contributed by atoms with Crippen molar-refractivity contribution in [3.63, 3.8) is 0 Å². The number of hydrogen-bond donors (Lipinski definition) is 2. The third kappa shape index (κ3) is 3.27. The van der Waals surface area contributed by atoms with E-state index in [9.17, 15) is 0 Å². The van der Waals surface area contributed by atoms with Crippen molar-refractivity contribution in [3.05, 3.63) is 43.8 Å². The fourth-order valence-electron chi connectivity index (χ4n) is 3.63. The molecule has 26 heavy (non-hydrogen) atoms. The zero-order valence-corrected chi connectivity index (χ0v) is 17.5. The Kier molecular flexibility index (Phi) is 5.25. The van der Waals surface area contributed by atoms with E-state index in [1.165, 1.54) is 4.88 Å². The first-order valence-corrected chi connectivity index (χ1v) is 10.5. The van der Waals surface area contributed by atoms with Gasteiger partial charge in [0.25, 0.3) is 0 Å². The van der Waals surface area contributed by atoms with Gasteiger partial charge in [-0.2, -0.15) is 0 Å². The summed E-state index contributed by atoms with van der Waals surface area (Å²) in [7, 11) is 2.07. The van der Waals surface area contributed by atoms with E-state index in [2.05, 4.69) is 55.4 Å². The van der Waals surface area contributed by atoms with Gasteiger partial charge in [0.15, 0.2) is 0 Å². The van der Waals surface area contributed by atoms with Crippen LogP contribution in [0, 0.1) is 0 Å². The van der Waals surface area contributed by atoms with E-state index in [4.69, 9.17) is 22.1 Å². The summed E-state index contributed by atoms with van der Waals surface area (Å²) in [5.74, 6) is 0.223. The molecule has 4 heterocycles. The minimum absolute atomic E-state index is 0.0268. The first-order valence-electron chi connectivity index (χ1n) is 8.50. The molecule has 0 bridgehead atoms. The molecule has 0 spiro atoms. The summed E-state index contributed by atoms with van der Waals surface area (Å²) in [6.07, 6.45) is 0.898. The second-order valence-electron chi connectivity index (χ2n) is 6.51. The van der Waals surface area contributed by atoms with Crippen molar-refractivity contribution in [1.82, 2.24) is 9.55 Å². The van der Waals surface area contributed by atoms with Gasteiger partial charge < -0.3 is 20.4 Å². The Morgan fingerprint density at radius 2 is 2.38 bits per heavy atom. The number of aromatic nitrogens is 2. The molecule has 3 aromatic rings. The summed E-state index contributed by atoms with van der Waals surface area (Å²) >= 11 is 11.8. The lowest BCUT2D eigenvalue weighted by molar-refractivity contribution is 0.0681.